The van der Waals surface area contributed by atoms with Gasteiger partial charge in [-0.15, -0.1) is 0 Å². The molecule has 0 saturated carbocycles. The average molecular weight is 298 g/mol. The Morgan fingerprint density at radius 2 is 2.00 bits per heavy atom. The van der Waals surface area contributed by atoms with Crippen LogP contribution in [0.2, 0.25) is 5.02 Å². The number of benzene rings is 1. The first-order chi connectivity index (χ1) is 9.77. The smallest absolute Gasteiger partial charge is 0.190 e. The number of rotatable bonds is 8. The minimum atomic E-state index is 0.769. The van der Waals surface area contributed by atoms with Crippen molar-refractivity contribution in [1.29, 1.82) is 0 Å². The van der Waals surface area contributed by atoms with Gasteiger partial charge in [-0.05, 0) is 31.4 Å². The van der Waals surface area contributed by atoms with Crippen molar-refractivity contribution < 1.29 is 4.74 Å². The Morgan fingerprint density at radius 3 is 2.70 bits per heavy atom. The van der Waals surface area contributed by atoms with Crippen LogP contribution in [-0.4, -0.2) is 39.3 Å². The number of ether oxygens (including phenoxy) is 1. The Balaban J connectivity index is 2.20. The van der Waals surface area contributed by atoms with Gasteiger partial charge in [0.15, 0.2) is 5.96 Å². The molecule has 20 heavy (non-hydrogen) atoms. The van der Waals surface area contributed by atoms with Gasteiger partial charge >= 0.3 is 0 Å². The van der Waals surface area contributed by atoms with Crippen LogP contribution in [0.3, 0.4) is 0 Å². The number of hydrogen-bond donors (Lipinski definition) is 2. The monoisotopic (exact) mass is 297 g/mol. The Kier molecular flexibility index (Phi) is 8.83. The molecule has 0 aliphatic heterocycles. The number of aliphatic imine (C=N–C) groups is 1. The van der Waals surface area contributed by atoms with Crippen molar-refractivity contribution in [2.24, 2.45) is 4.99 Å². The second-order valence-corrected chi connectivity index (χ2v) is 4.72. The van der Waals surface area contributed by atoms with E-state index < -0.39 is 0 Å². The van der Waals surface area contributed by atoms with Gasteiger partial charge in [0.05, 0.1) is 0 Å². The molecule has 0 heterocycles. The zero-order chi connectivity index (χ0) is 14.6. The van der Waals surface area contributed by atoms with Crippen LogP contribution < -0.4 is 10.6 Å². The third-order valence-electron chi connectivity index (χ3n) is 2.83. The maximum absolute atomic E-state index is 6.12. The molecular formula is C15H24ClN3O. The van der Waals surface area contributed by atoms with Gasteiger partial charge in [-0.3, -0.25) is 4.99 Å². The van der Waals surface area contributed by atoms with E-state index in [1.165, 1.54) is 0 Å². The Labute approximate surface area is 126 Å². The summed E-state index contributed by atoms with van der Waals surface area (Å²) in [5, 5.41) is 7.34. The molecule has 1 aromatic rings. The summed E-state index contributed by atoms with van der Waals surface area (Å²) in [6.07, 6.45) is 1.85. The van der Waals surface area contributed by atoms with Crippen LogP contribution >= 0.6 is 11.6 Å². The quantitative estimate of drug-likeness (QED) is 0.440. The molecule has 0 fully saturated rings. The van der Waals surface area contributed by atoms with Gasteiger partial charge in [-0.1, -0.05) is 29.8 Å². The van der Waals surface area contributed by atoms with E-state index in [1.54, 1.807) is 7.05 Å². The van der Waals surface area contributed by atoms with Gasteiger partial charge in [0.1, 0.15) is 0 Å². The lowest BCUT2D eigenvalue weighted by Gasteiger charge is -2.12. The van der Waals surface area contributed by atoms with Gasteiger partial charge in [0.2, 0.25) is 0 Å². The predicted molar refractivity (Wildman–Crippen MR) is 85.6 cm³/mol. The molecule has 5 heteroatoms. The highest BCUT2D eigenvalue weighted by Gasteiger charge is 2.00. The van der Waals surface area contributed by atoms with E-state index in [-0.39, 0.29) is 0 Å². The number of hydrogen-bond acceptors (Lipinski definition) is 2. The molecule has 0 unspecified atom stereocenters. The van der Waals surface area contributed by atoms with E-state index in [4.69, 9.17) is 16.3 Å². The standard InChI is InChI=1S/C15H24ClN3O/c1-3-20-12-6-10-18-15(17-2)19-11-9-13-7-4-5-8-14(13)16/h4-5,7-8H,3,6,9-12H2,1-2H3,(H2,17,18,19). The van der Waals surface area contributed by atoms with Crippen LogP contribution in [0.1, 0.15) is 18.9 Å². The Hall–Kier alpha value is -1.26. The molecule has 0 saturated heterocycles. The highest BCUT2D eigenvalue weighted by molar-refractivity contribution is 6.31. The molecule has 4 nitrogen and oxygen atoms in total. The fraction of sp³-hybridized carbons (Fsp3) is 0.533. The first kappa shape index (κ1) is 16.8. The summed E-state index contributed by atoms with van der Waals surface area (Å²) in [4.78, 5) is 4.18. The normalized spacial score (nSPS) is 11.4. The van der Waals surface area contributed by atoms with E-state index in [9.17, 15) is 0 Å². The third-order valence-corrected chi connectivity index (χ3v) is 3.20. The van der Waals surface area contributed by atoms with E-state index >= 15 is 0 Å². The summed E-state index contributed by atoms with van der Waals surface area (Å²) in [7, 11) is 1.77. The number of halogens is 1. The van der Waals surface area contributed by atoms with Gasteiger partial charge in [0.25, 0.3) is 0 Å². The lowest BCUT2D eigenvalue weighted by molar-refractivity contribution is 0.145. The molecule has 0 atom stereocenters. The zero-order valence-corrected chi connectivity index (χ0v) is 13.0. The summed E-state index contributed by atoms with van der Waals surface area (Å²) < 4.78 is 5.29. The second kappa shape index (κ2) is 10.5. The maximum atomic E-state index is 6.12. The van der Waals surface area contributed by atoms with Crippen LogP contribution in [0.25, 0.3) is 0 Å². The molecule has 0 aromatic heterocycles. The van der Waals surface area contributed by atoms with Gasteiger partial charge in [-0.2, -0.15) is 0 Å². The molecule has 1 aromatic carbocycles. The van der Waals surface area contributed by atoms with Crippen LogP contribution in [0, 0.1) is 0 Å². The molecule has 0 bridgehead atoms. The van der Waals surface area contributed by atoms with Crippen LogP contribution in [0.15, 0.2) is 29.3 Å². The summed E-state index contributed by atoms with van der Waals surface area (Å²) in [5.41, 5.74) is 1.15. The summed E-state index contributed by atoms with van der Waals surface area (Å²) >= 11 is 6.12. The van der Waals surface area contributed by atoms with Crippen molar-refractivity contribution in [3.63, 3.8) is 0 Å². The number of nitrogens with zero attached hydrogens (tertiary/aromatic N) is 1. The average Bonchev–Trinajstić information content (AvgIpc) is 2.47. The SMILES string of the molecule is CCOCCCNC(=NC)NCCc1ccccc1Cl. The second-order valence-electron chi connectivity index (χ2n) is 4.32. The highest BCUT2D eigenvalue weighted by atomic mass is 35.5. The number of nitrogens with one attached hydrogen (secondary N) is 2. The van der Waals surface area contributed by atoms with Gasteiger partial charge in [0, 0.05) is 38.4 Å². The molecule has 1 rings (SSSR count). The Bertz CT molecular complexity index is 410. The summed E-state index contributed by atoms with van der Waals surface area (Å²) in [5.74, 6) is 0.813. The predicted octanol–water partition coefficient (Wildman–Crippen LogP) is 2.47. The van der Waals surface area contributed by atoms with Crippen LogP contribution in [0.5, 0.6) is 0 Å². The van der Waals surface area contributed by atoms with Crippen molar-refractivity contribution in [2.45, 2.75) is 19.8 Å². The minimum absolute atomic E-state index is 0.769. The zero-order valence-electron chi connectivity index (χ0n) is 12.3. The van der Waals surface area contributed by atoms with Gasteiger partial charge < -0.3 is 15.4 Å². The first-order valence-corrected chi connectivity index (χ1v) is 7.41. The topological polar surface area (TPSA) is 45.6 Å². The fourth-order valence-corrected chi connectivity index (χ4v) is 1.99. The van der Waals surface area contributed by atoms with Crippen LogP contribution in [-0.2, 0) is 11.2 Å². The molecule has 0 aliphatic carbocycles. The minimum Gasteiger partial charge on any atom is -0.382 e. The first-order valence-electron chi connectivity index (χ1n) is 7.03. The fourth-order valence-electron chi connectivity index (χ4n) is 1.76. The molecule has 0 radical (unpaired) electrons. The third kappa shape index (κ3) is 6.78. The molecule has 0 spiro atoms. The van der Waals surface area contributed by atoms with Crippen LogP contribution in [0.4, 0.5) is 0 Å². The number of guanidine groups is 1. The lowest BCUT2D eigenvalue weighted by Crippen LogP contribution is -2.39. The van der Waals surface area contributed by atoms with Crippen molar-refractivity contribution in [1.82, 2.24) is 10.6 Å². The molecule has 2 N–H and O–H groups in total. The largest absolute Gasteiger partial charge is 0.382 e. The van der Waals surface area contributed by atoms with Crippen molar-refractivity contribution in [3.8, 4) is 0 Å². The maximum Gasteiger partial charge on any atom is 0.190 e. The lowest BCUT2D eigenvalue weighted by atomic mass is 10.1. The van der Waals surface area contributed by atoms with Crippen molar-refractivity contribution >= 4 is 17.6 Å². The van der Waals surface area contributed by atoms with Gasteiger partial charge in [-0.25, -0.2) is 0 Å². The molecule has 112 valence electrons. The van der Waals surface area contributed by atoms with E-state index in [0.717, 1.165) is 55.7 Å². The molecule has 0 aliphatic rings. The Morgan fingerprint density at radius 1 is 1.25 bits per heavy atom. The summed E-state index contributed by atoms with van der Waals surface area (Å²) in [6, 6.07) is 7.90. The van der Waals surface area contributed by atoms with E-state index in [1.807, 2.05) is 31.2 Å². The van der Waals surface area contributed by atoms with E-state index in [2.05, 4.69) is 15.6 Å². The van der Waals surface area contributed by atoms with Crippen molar-refractivity contribution in [2.75, 3.05) is 33.4 Å². The van der Waals surface area contributed by atoms with Crippen molar-refractivity contribution in [3.05, 3.63) is 34.9 Å². The molecular weight excluding hydrogens is 274 g/mol. The highest BCUT2D eigenvalue weighted by Crippen LogP contribution is 2.14. The van der Waals surface area contributed by atoms with E-state index in [0.29, 0.717) is 0 Å². The summed E-state index contributed by atoms with van der Waals surface area (Å²) in [6.45, 7) is 5.20. The molecule has 0 amide bonds.